The van der Waals surface area contributed by atoms with Crippen LogP contribution in [0.1, 0.15) is 57.4 Å². The van der Waals surface area contributed by atoms with Gasteiger partial charge in [0.2, 0.25) is 0 Å². The van der Waals surface area contributed by atoms with Gasteiger partial charge in [0.1, 0.15) is 5.69 Å². The summed E-state index contributed by atoms with van der Waals surface area (Å²) >= 11 is 0. The van der Waals surface area contributed by atoms with Gasteiger partial charge in [-0.25, -0.2) is 9.78 Å². The van der Waals surface area contributed by atoms with Crippen LogP contribution in [0.3, 0.4) is 0 Å². The van der Waals surface area contributed by atoms with E-state index < -0.39 is 5.97 Å². The molecule has 24 heavy (non-hydrogen) atoms. The number of hydrogen-bond donors (Lipinski definition) is 2. The first-order valence-electron chi connectivity index (χ1n) is 8.08. The molecule has 1 fully saturated rings. The maximum Gasteiger partial charge on any atom is 0.339 e. The molecular weight excluding hydrogens is 308 g/mol. The summed E-state index contributed by atoms with van der Waals surface area (Å²) < 4.78 is 6.84. The highest BCUT2D eigenvalue weighted by atomic mass is 16.5. The van der Waals surface area contributed by atoms with Gasteiger partial charge in [-0.3, -0.25) is 4.79 Å². The van der Waals surface area contributed by atoms with Crippen molar-refractivity contribution in [3.05, 3.63) is 41.2 Å². The number of aryl methyl sites for hydroxylation is 1. The first-order chi connectivity index (χ1) is 11.5. The number of nitrogens with one attached hydrogen (secondary N) is 2. The number of H-pyrrole nitrogens is 1. The second kappa shape index (κ2) is 6.51. The highest BCUT2D eigenvalue weighted by Gasteiger charge is 2.31. The number of imidazole rings is 1. The summed E-state index contributed by atoms with van der Waals surface area (Å²) in [4.78, 5) is 31.7. The van der Waals surface area contributed by atoms with Crippen LogP contribution in [0.5, 0.6) is 0 Å². The summed E-state index contributed by atoms with van der Waals surface area (Å²) in [5.41, 5.74) is 2.11. The summed E-state index contributed by atoms with van der Waals surface area (Å²) in [5.74, 6) is -0.625. The zero-order valence-electron chi connectivity index (χ0n) is 14.1. The Labute approximate surface area is 140 Å². The molecule has 0 aromatic carbocycles. The summed E-state index contributed by atoms with van der Waals surface area (Å²) in [6.07, 6.45) is 8.46. The van der Waals surface area contributed by atoms with Crippen LogP contribution in [0, 0.1) is 13.8 Å². The number of aromatic amines is 1. The lowest BCUT2D eigenvalue weighted by molar-refractivity contribution is 0.0599. The molecule has 2 N–H and O–H groups in total. The number of carbonyl (C=O) groups excluding carboxylic acids is 2. The lowest BCUT2D eigenvalue weighted by atomic mass is 10.1. The third kappa shape index (κ3) is 2.81. The van der Waals surface area contributed by atoms with Gasteiger partial charge in [0.15, 0.2) is 0 Å². The van der Waals surface area contributed by atoms with Crippen molar-refractivity contribution in [3.8, 4) is 0 Å². The van der Waals surface area contributed by atoms with Crippen LogP contribution in [-0.2, 0) is 4.74 Å². The van der Waals surface area contributed by atoms with Crippen LogP contribution in [0.2, 0.25) is 0 Å². The largest absolute Gasteiger partial charge is 0.465 e. The van der Waals surface area contributed by atoms with Crippen molar-refractivity contribution >= 4 is 11.9 Å². The fourth-order valence-corrected chi connectivity index (χ4v) is 3.56. The van der Waals surface area contributed by atoms with Gasteiger partial charge in [0.05, 0.1) is 25.0 Å². The molecule has 1 saturated carbocycles. The second-order valence-corrected chi connectivity index (χ2v) is 6.20. The maximum absolute atomic E-state index is 12.7. The monoisotopic (exact) mass is 330 g/mol. The number of amides is 1. The minimum atomic E-state index is -0.433. The van der Waals surface area contributed by atoms with E-state index in [1.165, 1.54) is 7.11 Å². The Kier molecular flexibility index (Phi) is 4.42. The standard InChI is InChI=1S/C17H22N4O3/c1-10-14(17(23)24-3)11(2)19-15(10)16(22)20-12-5-4-6-13(12)21-8-7-18-9-21/h7-9,12-13,19H,4-6H2,1-3H3,(H,20,22). The number of methoxy groups -OCH3 is 1. The van der Waals surface area contributed by atoms with Gasteiger partial charge >= 0.3 is 5.97 Å². The topological polar surface area (TPSA) is 89.0 Å². The van der Waals surface area contributed by atoms with E-state index in [0.29, 0.717) is 22.5 Å². The Morgan fingerprint density at radius 2 is 2.17 bits per heavy atom. The van der Waals surface area contributed by atoms with Crippen molar-refractivity contribution in [2.24, 2.45) is 0 Å². The average molecular weight is 330 g/mol. The number of nitrogens with zero attached hydrogens (tertiary/aromatic N) is 2. The van der Waals surface area contributed by atoms with Crippen molar-refractivity contribution in [2.45, 2.75) is 45.2 Å². The molecule has 2 aromatic rings. The van der Waals surface area contributed by atoms with E-state index in [1.807, 2.05) is 10.8 Å². The minimum absolute atomic E-state index is 0.0521. The molecule has 2 aromatic heterocycles. The number of ether oxygens (including phenoxy) is 1. The van der Waals surface area contributed by atoms with Crippen molar-refractivity contribution in [2.75, 3.05) is 7.11 Å². The molecule has 2 heterocycles. The molecule has 1 aliphatic rings. The molecular formula is C17H22N4O3. The molecule has 0 aliphatic heterocycles. The third-order valence-electron chi connectivity index (χ3n) is 4.76. The molecule has 0 radical (unpaired) electrons. The van der Waals surface area contributed by atoms with Gasteiger partial charge < -0.3 is 19.6 Å². The Balaban J connectivity index is 1.79. The molecule has 2 unspecified atom stereocenters. The molecule has 1 aliphatic carbocycles. The average Bonchev–Trinajstić information content (AvgIpc) is 3.27. The van der Waals surface area contributed by atoms with Gasteiger partial charge in [-0.15, -0.1) is 0 Å². The zero-order valence-corrected chi connectivity index (χ0v) is 14.1. The van der Waals surface area contributed by atoms with Crippen LogP contribution < -0.4 is 5.32 Å². The lowest BCUT2D eigenvalue weighted by Crippen LogP contribution is -2.38. The number of rotatable bonds is 4. The van der Waals surface area contributed by atoms with E-state index in [2.05, 4.69) is 15.3 Å². The van der Waals surface area contributed by atoms with E-state index in [0.717, 1.165) is 19.3 Å². The Hall–Kier alpha value is -2.57. The molecule has 0 bridgehead atoms. The van der Waals surface area contributed by atoms with E-state index >= 15 is 0 Å². The first-order valence-corrected chi connectivity index (χ1v) is 8.08. The summed E-state index contributed by atoms with van der Waals surface area (Å²) in [7, 11) is 1.34. The Morgan fingerprint density at radius 3 is 2.83 bits per heavy atom. The van der Waals surface area contributed by atoms with Gasteiger partial charge in [-0.05, 0) is 38.7 Å². The number of carbonyl (C=O) groups is 2. The second-order valence-electron chi connectivity index (χ2n) is 6.20. The van der Waals surface area contributed by atoms with Crippen LogP contribution in [0.25, 0.3) is 0 Å². The highest BCUT2D eigenvalue weighted by molar-refractivity contribution is 6.00. The molecule has 128 valence electrons. The lowest BCUT2D eigenvalue weighted by Gasteiger charge is -2.22. The zero-order chi connectivity index (χ0) is 17.3. The van der Waals surface area contributed by atoms with E-state index in [9.17, 15) is 9.59 Å². The van der Waals surface area contributed by atoms with Crippen molar-refractivity contribution < 1.29 is 14.3 Å². The fourth-order valence-electron chi connectivity index (χ4n) is 3.56. The smallest absolute Gasteiger partial charge is 0.339 e. The molecule has 7 heteroatoms. The maximum atomic E-state index is 12.7. The molecule has 0 saturated heterocycles. The van der Waals surface area contributed by atoms with E-state index in [1.54, 1.807) is 26.4 Å². The van der Waals surface area contributed by atoms with Crippen molar-refractivity contribution in [1.29, 1.82) is 0 Å². The van der Waals surface area contributed by atoms with E-state index in [4.69, 9.17) is 4.74 Å². The summed E-state index contributed by atoms with van der Waals surface area (Å²) in [6.45, 7) is 3.52. The van der Waals surface area contributed by atoms with Gasteiger partial charge in [-0.1, -0.05) is 0 Å². The van der Waals surface area contributed by atoms with Crippen molar-refractivity contribution in [3.63, 3.8) is 0 Å². The van der Waals surface area contributed by atoms with Crippen molar-refractivity contribution in [1.82, 2.24) is 19.9 Å². The molecule has 1 amide bonds. The summed E-state index contributed by atoms with van der Waals surface area (Å²) in [5, 5.41) is 3.10. The Morgan fingerprint density at radius 1 is 1.38 bits per heavy atom. The Bertz CT molecular complexity index is 748. The molecule has 7 nitrogen and oxygen atoms in total. The number of aromatic nitrogens is 3. The fraction of sp³-hybridized carbons (Fsp3) is 0.471. The minimum Gasteiger partial charge on any atom is -0.465 e. The predicted molar refractivity (Wildman–Crippen MR) is 88.0 cm³/mol. The SMILES string of the molecule is COC(=O)c1c(C)[nH]c(C(=O)NC2CCCC2n2ccnc2)c1C. The van der Waals surface area contributed by atoms with Crippen LogP contribution in [0.4, 0.5) is 0 Å². The number of esters is 1. The van der Waals surface area contributed by atoms with Crippen LogP contribution >= 0.6 is 0 Å². The first kappa shape index (κ1) is 16.3. The molecule has 0 spiro atoms. The van der Waals surface area contributed by atoms with Crippen LogP contribution in [-0.4, -0.2) is 39.6 Å². The van der Waals surface area contributed by atoms with Crippen LogP contribution in [0.15, 0.2) is 18.7 Å². The quantitative estimate of drug-likeness (QED) is 0.841. The normalized spacial score (nSPS) is 20.1. The predicted octanol–water partition coefficient (Wildman–Crippen LogP) is 2.14. The highest BCUT2D eigenvalue weighted by Crippen LogP contribution is 2.30. The summed E-state index contributed by atoms with van der Waals surface area (Å²) in [6, 6.07) is 0.268. The van der Waals surface area contributed by atoms with Gasteiger partial charge in [0.25, 0.3) is 5.91 Å². The van der Waals surface area contributed by atoms with Gasteiger partial charge in [-0.2, -0.15) is 0 Å². The van der Waals surface area contributed by atoms with Gasteiger partial charge in [0, 0.05) is 24.1 Å². The molecule has 3 rings (SSSR count). The number of hydrogen-bond acceptors (Lipinski definition) is 4. The third-order valence-corrected chi connectivity index (χ3v) is 4.76. The molecule has 2 atom stereocenters. The van der Waals surface area contributed by atoms with E-state index in [-0.39, 0.29) is 18.0 Å².